The number of carbonyl (C=O) groups excluding carboxylic acids is 3. The maximum absolute atomic E-state index is 13.4. The van der Waals surface area contributed by atoms with Crippen molar-refractivity contribution >= 4 is 23.5 Å². The Morgan fingerprint density at radius 3 is 2.08 bits per heavy atom. The first kappa shape index (κ1) is 30.7. The zero-order valence-corrected chi connectivity index (χ0v) is 22.6. The van der Waals surface area contributed by atoms with Crippen LogP contribution in [0.1, 0.15) is 62.4 Å². The third-order valence-electron chi connectivity index (χ3n) is 7.07. The van der Waals surface area contributed by atoms with E-state index >= 15 is 0 Å². The Morgan fingerprint density at radius 2 is 1.57 bits per heavy atom. The van der Waals surface area contributed by atoms with Gasteiger partial charge < -0.3 is 31.1 Å². The summed E-state index contributed by atoms with van der Waals surface area (Å²) in [4.78, 5) is 38.4. The van der Waals surface area contributed by atoms with Crippen molar-refractivity contribution in [1.82, 2.24) is 10.2 Å². The number of hydrogen-bond donors (Lipinski definition) is 4. The van der Waals surface area contributed by atoms with Crippen molar-refractivity contribution in [2.24, 2.45) is 17.1 Å². The number of anilines is 1. The summed E-state index contributed by atoms with van der Waals surface area (Å²) >= 11 is 0. The van der Waals surface area contributed by atoms with Crippen molar-refractivity contribution in [3.8, 4) is 5.75 Å². The number of halogens is 3. The molecule has 1 unspecified atom stereocenters. The number of ether oxygens (including phenoxy) is 1. The summed E-state index contributed by atoms with van der Waals surface area (Å²) in [7, 11) is 0. The van der Waals surface area contributed by atoms with Crippen LogP contribution in [0.25, 0.3) is 0 Å². The minimum Gasteiger partial charge on any atom is -0.406 e. The molecule has 1 saturated carbocycles. The number of carbonyl (C=O) groups is 3. The van der Waals surface area contributed by atoms with Crippen molar-refractivity contribution in [3.63, 3.8) is 0 Å². The zero-order valence-electron chi connectivity index (χ0n) is 22.6. The van der Waals surface area contributed by atoms with Gasteiger partial charge in [0.15, 0.2) is 0 Å². The Labute approximate surface area is 230 Å². The Morgan fingerprint density at radius 1 is 1.00 bits per heavy atom. The fourth-order valence-electron chi connectivity index (χ4n) is 4.79. The van der Waals surface area contributed by atoms with E-state index in [-0.39, 0.29) is 23.6 Å². The van der Waals surface area contributed by atoms with Gasteiger partial charge in [-0.1, -0.05) is 32.9 Å². The van der Waals surface area contributed by atoms with E-state index in [1.165, 1.54) is 24.3 Å². The molecule has 1 aliphatic carbocycles. The number of benzene rings is 2. The lowest BCUT2D eigenvalue weighted by Crippen LogP contribution is -2.45. The van der Waals surface area contributed by atoms with Crippen LogP contribution < -0.4 is 21.1 Å². The third kappa shape index (κ3) is 8.87. The fourth-order valence-corrected chi connectivity index (χ4v) is 4.79. The molecule has 40 heavy (non-hydrogen) atoms. The van der Waals surface area contributed by atoms with Crippen LogP contribution >= 0.6 is 0 Å². The molecular formula is C28H35F3N4O5. The largest absolute Gasteiger partial charge is 0.573 e. The van der Waals surface area contributed by atoms with Gasteiger partial charge >= 0.3 is 12.4 Å². The van der Waals surface area contributed by atoms with Gasteiger partial charge in [0.1, 0.15) is 5.75 Å². The third-order valence-corrected chi connectivity index (χ3v) is 7.07. The van der Waals surface area contributed by atoms with Crippen LogP contribution in [0.2, 0.25) is 0 Å². The van der Waals surface area contributed by atoms with Crippen LogP contribution in [0.5, 0.6) is 5.75 Å². The number of alkyl halides is 3. The highest BCUT2D eigenvalue weighted by Crippen LogP contribution is 2.39. The molecule has 0 bridgehead atoms. The van der Waals surface area contributed by atoms with Crippen LogP contribution in [-0.2, 0) is 11.3 Å². The molecule has 1 aliphatic rings. The minimum atomic E-state index is -4.81. The second kappa shape index (κ2) is 12.6. The lowest BCUT2D eigenvalue weighted by molar-refractivity contribution is -0.274. The van der Waals surface area contributed by atoms with E-state index in [1.807, 2.05) is 0 Å². The van der Waals surface area contributed by atoms with Crippen molar-refractivity contribution in [2.45, 2.75) is 71.6 Å². The van der Waals surface area contributed by atoms with Crippen LogP contribution in [0.3, 0.4) is 0 Å². The van der Waals surface area contributed by atoms with Gasteiger partial charge in [-0.15, -0.1) is 13.2 Å². The summed E-state index contributed by atoms with van der Waals surface area (Å²) < 4.78 is 41.3. The number of aliphatic hydroxyl groups excluding tert-OH is 1. The average Bonchev–Trinajstić information content (AvgIpc) is 2.87. The van der Waals surface area contributed by atoms with E-state index in [4.69, 9.17) is 5.73 Å². The second-order valence-electron chi connectivity index (χ2n) is 11.0. The Hall–Kier alpha value is -3.80. The average molecular weight is 565 g/mol. The highest BCUT2D eigenvalue weighted by molar-refractivity contribution is 5.96. The van der Waals surface area contributed by atoms with Crippen LogP contribution in [0.4, 0.5) is 23.7 Å². The highest BCUT2D eigenvalue weighted by atomic mass is 19.4. The maximum Gasteiger partial charge on any atom is 0.573 e. The number of nitrogens with two attached hydrogens (primary N) is 1. The Bertz CT molecular complexity index is 1170. The fraction of sp³-hybridized carbons (Fsp3) is 0.464. The van der Waals surface area contributed by atoms with Gasteiger partial charge in [-0.3, -0.25) is 9.59 Å². The molecule has 12 heteroatoms. The molecule has 0 radical (unpaired) electrons. The van der Waals surface area contributed by atoms with Gasteiger partial charge in [0.05, 0.1) is 0 Å². The van der Waals surface area contributed by atoms with E-state index in [2.05, 4.69) is 36.1 Å². The molecule has 2 aromatic rings. The number of hydrogen-bond acceptors (Lipinski definition) is 5. The summed E-state index contributed by atoms with van der Waals surface area (Å²) in [5.41, 5.74) is 6.34. The number of primary amides is 1. The molecule has 9 nitrogen and oxygen atoms in total. The second-order valence-corrected chi connectivity index (χ2v) is 11.0. The first-order chi connectivity index (χ1) is 18.6. The molecular weight excluding hydrogens is 529 g/mol. The molecule has 0 aliphatic heterocycles. The summed E-state index contributed by atoms with van der Waals surface area (Å²) in [5.74, 6) is -1.65. The smallest absolute Gasteiger partial charge is 0.406 e. The molecule has 218 valence electrons. The summed E-state index contributed by atoms with van der Waals surface area (Å²) in [5, 5.41) is 14.3. The van der Waals surface area contributed by atoms with Crippen molar-refractivity contribution in [1.29, 1.82) is 0 Å². The van der Waals surface area contributed by atoms with Crippen molar-refractivity contribution in [3.05, 3.63) is 59.7 Å². The molecule has 1 atom stereocenters. The number of urea groups is 1. The number of nitrogens with one attached hydrogen (secondary N) is 2. The van der Waals surface area contributed by atoms with Gasteiger partial charge in [-0.05, 0) is 79.0 Å². The first-order valence-electron chi connectivity index (χ1n) is 12.9. The van der Waals surface area contributed by atoms with E-state index < -0.39 is 36.2 Å². The van der Waals surface area contributed by atoms with Crippen molar-refractivity contribution in [2.75, 3.05) is 5.32 Å². The molecule has 0 spiro atoms. The minimum absolute atomic E-state index is 0.0693. The van der Waals surface area contributed by atoms with Gasteiger partial charge in [-0.25, -0.2) is 4.79 Å². The molecule has 5 N–H and O–H groups in total. The monoisotopic (exact) mass is 564 g/mol. The van der Waals surface area contributed by atoms with E-state index in [1.54, 1.807) is 17.0 Å². The number of rotatable bonds is 8. The van der Waals surface area contributed by atoms with E-state index in [0.717, 1.165) is 43.4 Å². The maximum atomic E-state index is 13.4. The molecule has 3 rings (SSSR count). The molecule has 0 aromatic heterocycles. The van der Waals surface area contributed by atoms with E-state index in [9.17, 15) is 32.7 Å². The summed E-state index contributed by atoms with van der Waals surface area (Å²) in [6, 6.07) is 10.8. The Balaban J connectivity index is 1.75. The quantitative estimate of drug-likeness (QED) is 0.343. The summed E-state index contributed by atoms with van der Waals surface area (Å²) in [6.07, 6.45) is -3.15. The standard InChI is InChI=1S/C28H35F3N4O5/c1-27(2,3)19-8-12-21(13-9-19)35(26(39)33-20-10-14-22(15-11-20)40-28(29,30)31)16-17-4-6-18(7-5-17)24(37)34-25(38)23(32)36/h4-7,10-11,14-15,19,21,25,38H,8-9,12-13,16H2,1-3H3,(H2,32,36)(H,33,39)(H,34,37). The molecule has 2 aromatic carbocycles. The lowest BCUT2D eigenvalue weighted by Gasteiger charge is -2.41. The molecule has 0 heterocycles. The Kier molecular flexibility index (Phi) is 9.67. The van der Waals surface area contributed by atoms with Gasteiger partial charge in [0.25, 0.3) is 11.8 Å². The molecule has 1 fully saturated rings. The number of aliphatic hydroxyl groups is 1. The molecule has 0 saturated heterocycles. The summed E-state index contributed by atoms with van der Waals surface area (Å²) in [6.45, 7) is 6.83. The predicted molar refractivity (Wildman–Crippen MR) is 142 cm³/mol. The predicted octanol–water partition coefficient (Wildman–Crippen LogP) is 4.76. The van der Waals surface area contributed by atoms with Crippen LogP contribution in [0.15, 0.2) is 48.5 Å². The van der Waals surface area contributed by atoms with Gasteiger partial charge in [0, 0.05) is 23.8 Å². The van der Waals surface area contributed by atoms with Crippen LogP contribution in [-0.4, -0.2) is 46.5 Å². The number of nitrogens with zero attached hydrogens (tertiary/aromatic N) is 1. The number of amides is 4. The SMILES string of the molecule is CC(C)(C)C1CCC(N(Cc2ccc(C(=O)NC(O)C(N)=O)cc2)C(=O)Nc2ccc(OC(F)(F)F)cc2)CC1. The molecule has 4 amide bonds. The van der Waals surface area contributed by atoms with Gasteiger partial charge in [-0.2, -0.15) is 0 Å². The topological polar surface area (TPSA) is 134 Å². The lowest BCUT2D eigenvalue weighted by atomic mass is 9.71. The normalized spacial score (nSPS) is 18.4. The van der Waals surface area contributed by atoms with Crippen LogP contribution in [0, 0.1) is 11.3 Å². The van der Waals surface area contributed by atoms with Crippen molar-refractivity contribution < 1.29 is 37.4 Å². The van der Waals surface area contributed by atoms with E-state index in [0.29, 0.717) is 11.6 Å². The van der Waals surface area contributed by atoms with Gasteiger partial charge in [0.2, 0.25) is 6.23 Å². The zero-order chi connectivity index (χ0) is 29.7. The highest BCUT2D eigenvalue weighted by Gasteiger charge is 2.34. The first-order valence-corrected chi connectivity index (χ1v) is 12.9.